The lowest BCUT2D eigenvalue weighted by atomic mass is 10.2. The number of hydrogen-bond acceptors (Lipinski definition) is 2. The minimum Gasteiger partial charge on any atom is -0.295 e. The van der Waals surface area contributed by atoms with E-state index < -0.39 is 0 Å². The highest BCUT2D eigenvalue weighted by molar-refractivity contribution is 8.02. The second-order valence-corrected chi connectivity index (χ2v) is 3.73. The number of rotatable bonds is 3. The van der Waals surface area contributed by atoms with E-state index in [0.29, 0.717) is 0 Å². The fourth-order valence-corrected chi connectivity index (χ4v) is 1.53. The molecule has 0 saturated carbocycles. The van der Waals surface area contributed by atoms with Crippen LogP contribution in [-0.4, -0.2) is 5.78 Å². The average molecular weight is 192 g/mol. The molecule has 1 rings (SSSR count). The van der Waals surface area contributed by atoms with Crippen molar-refractivity contribution in [1.29, 1.82) is 0 Å². The molecule has 0 unspecified atom stereocenters. The second-order valence-electron chi connectivity index (χ2n) is 2.79. The molecule has 0 aliphatic rings. The topological polar surface area (TPSA) is 17.1 Å². The summed E-state index contributed by atoms with van der Waals surface area (Å²) in [6, 6.07) is 9.99. The Morgan fingerprint density at radius 3 is 2.38 bits per heavy atom. The third-order valence-corrected chi connectivity index (χ3v) is 2.69. The first kappa shape index (κ1) is 10.1. The van der Waals surface area contributed by atoms with Gasteiger partial charge in [0.1, 0.15) is 0 Å². The first-order valence-corrected chi connectivity index (χ1v) is 4.97. The molecule has 0 bridgehead atoms. The Morgan fingerprint density at radius 1 is 1.23 bits per heavy atom. The van der Waals surface area contributed by atoms with Crippen molar-refractivity contribution in [2.24, 2.45) is 0 Å². The van der Waals surface area contributed by atoms with Gasteiger partial charge >= 0.3 is 0 Å². The maximum atomic E-state index is 10.9. The molecule has 0 aliphatic heterocycles. The Hall–Kier alpha value is -1.02. The van der Waals surface area contributed by atoms with Crippen LogP contribution in [-0.2, 0) is 4.79 Å². The van der Waals surface area contributed by atoms with Crippen LogP contribution < -0.4 is 0 Å². The number of ketones is 1. The monoisotopic (exact) mass is 192 g/mol. The molecule has 13 heavy (non-hydrogen) atoms. The van der Waals surface area contributed by atoms with Crippen LogP contribution in [0.2, 0.25) is 0 Å². The zero-order chi connectivity index (χ0) is 9.68. The van der Waals surface area contributed by atoms with Crippen LogP contribution in [0, 0.1) is 0 Å². The molecule has 0 aliphatic carbocycles. The zero-order valence-corrected chi connectivity index (χ0v) is 8.60. The number of Topliss-reactive ketones (excluding diaryl/α,β-unsaturated/α-hetero) is 1. The van der Waals surface area contributed by atoms with E-state index in [-0.39, 0.29) is 5.78 Å². The van der Waals surface area contributed by atoms with Gasteiger partial charge in [-0.15, -0.1) is 0 Å². The molecular formula is C11H12OS. The third kappa shape index (κ3) is 3.47. The van der Waals surface area contributed by atoms with Crippen molar-refractivity contribution in [2.75, 3.05) is 0 Å². The highest BCUT2D eigenvalue weighted by Crippen LogP contribution is 2.19. The Bertz CT molecular complexity index is 314. The summed E-state index contributed by atoms with van der Waals surface area (Å²) in [7, 11) is 0. The highest BCUT2D eigenvalue weighted by atomic mass is 32.2. The van der Waals surface area contributed by atoms with Crippen LogP contribution in [0.4, 0.5) is 0 Å². The Balaban J connectivity index is 2.62. The maximum Gasteiger partial charge on any atom is 0.156 e. The van der Waals surface area contributed by atoms with Gasteiger partial charge in [-0.2, -0.15) is 0 Å². The Morgan fingerprint density at radius 2 is 1.85 bits per heavy atom. The number of allylic oxidation sites excluding steroid dienone is 1. The van der Waals surface area contributed by atoms with Crippen molar-refractivity contribution in [3.63, 3.8) is 0 Å². The van der Waals surface area contributed by atoms with Gasteiger partial charge in [-0.25, -0.2) is 0 Å². The summed E-state index contributed by atoms with van der Waals surface area (Å²) in [5.41, 5.74) is 0.800. The van der Waals surface area contributed by atoms with E-state index in [1.54, 1.807) is 18.7 Å². The van der Waals surface area contributed by atoms with Crippen LogP contribution in [0.25, 0.3) is 0 Å². The predicted molar refractivity (Wildman–Crippen MR) is 56.7 cm³/mol. The lowest BCUT2D eigenvalue weighted by Crippen LogP contribution is -1.89. The lowest BCUT2D eigenvalue weighted by Gasteiger charge is -1.96. The summed E-state index contributed by atoms with van der Waals surface area (Å²) in [5.74, 6) is 0.128. The Kier molecular flexibility index (Phi) is 3.77. The fourth-order valence-electron chi connectivity index (χ4n) is 0.738. The molecule has 1 nitrogen and oxygen atoms in total. The lowest BCUT2D eigenvalue weighted by molar-refractivity contribution is -0.113. The van der Waals surface area contributed by atoms with Gasteiger partial charge in [-0.1, -0.05) is 30.0 Å². The SMILES string of the molecule is CC(=O)/C(C)=C\Sc1ccccc1. The standard InChI is InChI=1S/C11H12OS/c1-9(10(2)12)8-13-11-6-4-3-5-7-11/h3-8H,1-2H3/b9-8-. The van der Waals surface area contributed by atoms with Gasteiger partial charge in [0.05, 0.1) is 0 Å². The smallest absolute Gasteiger partial charge is 0.156 e. The van der Waals surface area contributed by atoms with Crippen molar-refractivity contribution < 1.29 is 4.79 Å². The molecule has 1 aromatic carbocycles. The number of carbonyl (C=O) groups is 1. The summed E-state index contributed by atoms with van der Waals surface area (Å²) in [5, 5.41) is 1.89. The van der Waals surface area contributed by atoms with Gasteiger partial charge in [-0.3, -0.25) is 4.79 Å². The van der Waals surface area contributed by atoms with E-state index in [2.05, 4.69) is 0 Å². The van der Waals surface area contributed by atoms with Crippen molar-refractivity contribution in [2.45, 2.75) is 18.7 Å². The zero-order valence-electron chi connectivity index (χ0n) is 7.78. The molecule has 0 spiro atoms. The van der Waals surface area contributed by atoms with E-state index in [1.807, 2.05) is 42.7 Å². The number of hydrogen-bond donors (Lipinski definition) is 0. The molecule has 68 valence electrons. The quantitative estimate of drug-likeness (QED) is 0.540. The molecule has 0 fully saturated rings. The number of carbonyl (C=O) groups excluding carboxylic acids is 1. The van der Waals surface area contributed by atoms with Crippen LogP contribution >= 0.6 is 11.8 Å². The molecule has 0 aromatic heterocycles. The van der Waals surface area contributed by atoms with Gasteiger partial charge in [0.25, 0.3) is 0 Å². The molecule has 0 radical (unpaired) electrons. The first-order chi connectivity index (χ1) is 6.20. The van der Waals surface area contributed by atoms with Crippen molar-refractivity contribution in [1.82, 2.24) is 0 Å². The average Bonchev–Trinajstić information content (AvgIpc) is 2.15. The number of benzene rings is 1. The van der Waals surface area contributed by atoms with Gasteiger partial charge in [0, 0.05) is 4.90 Å². The number of thioether (sulfide) groups is 1. The van der Waals surface area contributed by atoms with Gasteiger partial charge in [0.2, 0.25) is 0 Å². The molecule has 2 heteroatoms. The molecule has 0 heterocycles. The Labute approximate surface area is 82.9 Å². The molecule has 0 atom stereocenters. The van der Waals surface area contributed by atoms with Crippen LogP contribution in [0.5, 0.6) is 0 Å². The van der Waals surface area contributed by atoms with Crippen LogP contribution in [0.15, 0.2) is 46.2 Å². The van der Waals surface area contributed by atoms with Gasteiger partial charge in [-0.05, 0) is 37.0 Å². The molecule has 0 N–H and O–H groups in total. The minimum atomic E-state index is 0.128. The largest absolute Gasteiger partial charge is 0.295 e. The predicted octanol–water partition coefficient (Wildman–Crippen LogP) is 3.27. The van der Waals surface area contributed by atoms with E-state index in [0.717, 1.165) is 10.5 Å². The maximum absolute atomic E-state index is 10.9. The molecule has 0 saturated heterocycles. The molecule has 1 aromatic rings. The van der Waals surface area contributed by atoms with Crippen LogP contribution in [0.3, 0.4) is 0 Å². The minimum absolute atomic E-state index is 0.128. The summed E-state index contributed by atoms with van der Waals surface area (Å²) >= 11 is 1.57. The first-order valence-electron chi connectivity index (χ1n) is 4.09. The van der Waals surface area contributed by atoms with E-state index in [1.165, 1.54) is 0 Å². The summed E-state index contributed by atoms with van der Waals surface area (Å²) in [6.07, 6.45) is 0. The van der Waals surface area contributed by atoms with Crippen molar-refractivity contribution >= 4 is 17.5 Å². The molecule has 0 amide bonds. The highest BCUT2D eigenvalue weighted by Gasteiger charge is 1.95. The molecular weight excluding hydrogens is 180 g/mol. The van der Waals surface area contributed by atoms with Crippen molar-refractivity contribution in [3.8, 4) is 0 Å². The van der Waals surface area contributed by atoms with Crippen molar-refractivity contribution in [3.05, 3.63) is 41.3 Å². The fraction of sp³-hybridized carbons (Fsp3) is 0.182. The van der Waals surface area contributed by atoms with E-state index in [9.17, 15) is 4.79 Å². The van der Waals surface area contributed by atoms with E-state index >= 15 is 0 Å². The van der Waals surface area contributed by atoms with Crippen LogP contribution in [0.1, 0.15) is 13.8 Å². The van der Waals surface area contributed by atoms with E-state index in [4.69, 9.17) is 0 Å². The summed E-state index contributed by atoms with van der Waals surface area (Å²) in [6.45, 7) is 3.41. The summed E-state index contributed by atoms with van der Waals surface area (Å²) in [4.78, 5) is 12.0. The van der Waals surface area contributed by atoms with Gasteiger partial charge < -0.3 is 0 Å². The van der Waals surface area contributed by atoms with Gasteiger partial charge in [0.15, 0.2) is 5.78 Å². The third-order valence-electron chi connectivity index (χ3n) is 1.67. The summed E-state index contributed by atoms with van der Waals surface area (Å²) < 4.78 is 0. The second kappa shape index (κ2) is 4.87. The normalized spacial score (nSPS) is 11.4.